The zero-order valence-corrected chi connectivity index (χ0v) is 11.1. The van der Waals surface area contributed by atoms with E-state index in [1.165, 1.54) is 0 Å². The van der Waals surface area contributed by atoms with Crippen molar-refractivity contribution >= 4 is 17.0 Å². The number of ether oxygens (including phenoxy) is 1. The fourth-order valence-corrected chi connectivity index (χ4v) is 1.77. The van der Waals surface area contributed by atoms with Crippen molar-refractivity contribution in [3.63, 3.8) is 0 Å². The fourth-order valence-electron chi connectivity index (χ4n) is 1.77. The van der Waals surface area contributed by atoms with Gasteiger partial charge in [-0.15, -0.1) is 0 Å². The van der Waals surface area contributed by atoms with Crippen LogP contribution in [-0.4, -0.2) is 46.8 Å². The molecule has 0 unspecified atom stereocenters. The van der Waals surface area contributed by atoms with E-state index in [1.807, 2.05) is 23.6 Å². The van der Waals surface area contributed by atoms with Crippen LogP contribution in [0.3, 0.4) is 0 Å². The van der Waals surface area contributed by atoms with Crippen molar-refractivity contribution < 1.29 is 4.74 Å². The minimum Gasteiger partial charge on any atom is -0.380 e. The zero-order chi connectivity index (χ0) is 13.0. The number of anilines is 1. The fraction of sp³-hybridized carbons (Fsp3) is 0.583. The largest absolute Gasteiger partial charge is 0.380 e. The summed E-state index contributed by atoms with van der Waals surface area (Å²) in [5, 5.41) is 0. The molecule has 98 valence electrons. The van der Waals surface area contributed by atoms with Crippen LogP contribution in [0, 0.1) is 0 Å². The lowest BCUT2D eigenvalue weighted by molar-refractivity contribution is 0.127. The van der Waals surface area contributed by atoms with Crippen LogP contribution < -0.4 is 4.90 Å². The first-order valence-corrected chi connectivity index (χ1v) is 6.15. The first kappa shape index (κ1) is 12.8. The predicted molar refractivity (Wildman–Crippen MR) is 70.8 cm³/mol. The summed E-state index contributed by atoms with van der Waals surface area (Å²) in [6.07, 6.45) is 4.40. The maximum atomic E-state index is 5.48. The van der Waals surface area contributed by atoms with Gasteiger partial charge in [-0.25, -0.2) is 15.0 Å². The van der Waals surface area contributed by atoms with E-state index in [1.54, 1.807) is 12.7 Å². The van der Waals surface area contributed by atoms with Crippen LogP contribution in [-0.2, 0) is 11.3 Å². The molecule has 0 saturated heterocycles. The van der Waals surface area contributed by atoms with Gasteiger partial charge in [0.05, 0.1) is 12.9 Å². The van der Waals surface area contributed by atoms with E-state index in [9.17, 15) is 0 Å². The molecule has 6 nitrogen and oxygen atoms in total. The van der Waals surface area contributed by atoms with Crippen molar-refractivity contribution in [2.45, 2.75) is 19.9 Å². The van der Waals surface area contributed by atoms with Crippen LogP contribution in [0.25, 0.3) is 11.2 Å². The average Bonchev–Trinajstić information content (AvgIpc) is 2.77. The van der Waals surface area contributed by atoms with Gasteiger partial charge in [0.15, 0.2) is 17.0 Å². The van der Waals surface area contributed by atoms with E-state index in [-0.39, 0.29) is 0 Å². The normalized spacial score (nSPS) is 11.1. The van der Waals surface area contributed by atoms with Crippen molar-refractivity contribution in [3.05, 3.63) is 12.7 Å². The molecule has 0 aliphatic carbocycles. The van der Waals surface area contributed by atoms with Gasteiger partial charge in [0.1, 0.15) is 6.33 Å². The Bertz CT molecular complexity index is 508. The van der Waals surface area contributed by atoms with E-state index in [0.717, 1.165) is 36.6 Å². The van der Waals surface area contributed by atoms with Gasteiger partial charge in [-0.2, -0.15) is 0 Å². The van der Waals surface area contributed by atoms with E-state index in [2.05, 4.69) is 21.9 Å². The van der Waals surface area contributed by atoms with Gasteiger partial charge in [-0.1, -0.05) is 6.92 Å². The lowest BCUT2D eigenvalue weighted by Crippen LogP contribution is -2.12. The van der Waals surface area contributed by atoms with Gasteiger partial charge < -0.3 is 14.2 Å². The second-order valence-electron chi connectivity index (χ2n) is 4.31. The van der Waals surface area contributed by atoms with E-state index >= 15 is 0 Å². The molecule has 2 aromatic rings. The highest BCUT2D eigenvalue weighted by Gasteiger charge is 2.10. The molecule has 2 rings (SSSR count). The first-order valence-electron chi connectivity index (χ1n) is 6.15. The molecule has 0 aliphatic rings. The highest BCUT2D eigenvalue weighted by molar-refractivity contribution is 5.82. The van der Waals surface area contributed by atoms with Gasteiger partial charge in [-0.05, 0) is 6.42 Å². The van der Waals surface area contributed by atoms with Gasteiger partial charge in [-0.3, -0.25) is 0 Å². The number of hydrogen-bond acceptors (Lipinski definition) is 5. The number of nitrogens with zero attached hydrogens (tertiary/aromatic N) is 5. The van der Waals surface area contributed by atoms with E-state index in [4.69, 9.17) is 4.74 Å². The highest BCUT2D eigenvalue weighted by Crippen LogP contribution is 2.18. The Kier molecular flexibility index (Phi) is 4.09. The summed E-state index contributed by atoms with van der Waals surface area (Å²) in [5.41, 5.74) is 1.69. The summed E-state index contributed by atoms with van der Waals surface area (Å²) in [5.74, 6) is 0.841. The molecule has 0 radical (unpaired) electrons. The van der Waals surface area contributed by atoms with Crippen molar-refractivity contribution in [1.82, 2.24) is 19.5 Å². The smallest absolute Gasteiger partial charge is 0.165 e. The second kappa shape index (κ2) is 5.77. The maximum Gasteiger partial charge on any atom is 0.165 e. The summed E-state index contributed by atoms with van der Waals surface area (Å²) in [6.45, 7) is 4.34. The van der Waals surface area contributed by atoms with Crippen LogP contribution in [0.15, 0.2) is 12.7 Å². The summed E-state index contributed by atoms with van der Waals surface area (Å²) >= 11 is 0. The topological polar surface area (TPSA) is 56.1 Å². The third-order valence-electron chi connectivity index (χ3n) is 2.63. The molecule has 2 heterocycles. The average molecular weight is 249 g/mol. The molecular formula is C12H19N5O. The molecule has 0 fully saturated rings. The van der Waals surface area contributed by atoms with Gasteiger partial charge in [0.2, 0.25) is 0 Å². The molecule has 2 aromatic heterocycles. The van der Waals surface area contributed by atoms with Crippen molar-refractivity contribution in [1.29, 1.82) is 0 Å². The Morgan fingerprint density at radius 1 is 1.22 bits per heavy atom. The summed E-state index contributed by atoms with van der Waals surface area (Å²) in [4.78, 5) is 14.8. The lowest BCUT2D eigenvalue weighted by Gasteiger charge is -2.11. The Hall–Kier alpha value is -1.69. The first-order chi connectivity index (χ1) is 8.74. The Labute approximate surface area is 107 Å². The number of hydrogen-bond donors (Lipinski definition) is 0. The SMILES string of the molecule is CCCOCCn1cnc2c(N(C)C)ncnc21. The molecule has 18 heavy (non-hydrogen) atoms. The predicted octanol–water partition coefficient (Wildman–Crippen LogP) is 1.32. The van der Waals surface area contributed by atoms with Crippen molar-refractivity contribution in [3.8, 4) is 0 Å². The molecule has 0 N–H and O–H groups in total. The van der Waals surface area contributed by atoms with Crippen LogP contribution >= 0.6 is 0 Å². The Morgan fingerprint density at radius 3 is 2.78 bits per heavy atom. The minimum absolute atomic E-state index is 0.681. The molecule has 0 saturated carbocycles. The number of rotatable bonds is 6. The molecule has 6 heteroatoms. The number of aromatic nitrogens is 4. The quantitative estimate of drug-likeness (QED) is 0.723. The van der Waals surface area contributed by atoms with Gasteiger partial charge in [0, 0.05) is 27.2 Å². The van der Waals surface area contributed by atoms with E-state index < -0.39 is 0 Å². The number of imidazole rings is 1. The summed E-state index contributed by atoms with van der Waals surface area (Å²) in [7, 11) is 3.90. The highest BCUT2D eigenvalue weighted by atomic mass is 16.5. The second-order valence-corrected chi connectivity index (χ2v) is 4.31. The van der Waals surface area contributed by atoms with Crippen molar-refractivity contribution in [2.24, 2.45) is 0 Å². The molecule has 0 atom stereocenters. The van der Waals surface area contributed by atoms with Crippen LogP contribution in [0.2, 0.25) is 0 Å². The van der Waals surface area contributed by atoms with Crippen LogP contribution in [0.5, 0.6) is 0 Å². The monoisotopic (exact) mass is 249 g/mol. The van der Waals surface area contributed by atoms with E-state index in [0.29, 0.717) is 6.61 Å². The molecule has 0 spiro atoms. The van der Waals surface area contributed by atoms with Gasteiger partial charge >= 0.3 is 0 Å². The van der Waals surface area contributed by atoms with Gasteiger partial charge in [0.25, 0.3) is 0 Å². The Morgan fingerprint density at radius 2 is 2.06 bits per heavy atom. The Balaban J connectivity index is 2.18. The molecule has 0 aromatic carbocycles. The maximum absolute atomic E-state index is 5.48. The molecule has 0 amide bonds. The molecule has 0 bridgehead atoms. The summed E-state index contributed by atoms with van der Waals surface area (Å²) in [6, 6.07) is 0. The third kappa shape index (κ3) is 2.59. The van der Waals surface area contributed by atoms with Crippen molar-refractivity contribution in [2.75, 3.05) is 32.2 Å². The minimum atomic E-state index is 0.681. The van der Waals surface area contributed by atoms with Crippen LogP contribution in [0.4, 0.5) is 5.82 Å². The number of fused-ring (bicyclic) bond motifs is 1. The standard InChI is InChI=1S/C12H19N5O/c1-4-6-18-7-5-17-9-15-10-11(16(2)3)13-8-14-12(10)17/h8-9H,4-7H2,1-3H3. The summed E-state index contributed by atoms with van der Waals surface area (Å²) < 4.78 is 7.48. The zero-order valence-electron chi connectivity index (χ0n) is 11.1. The molecule has 0 aliphatic heterocycles. The third-order valence-corrected chi connectivity index (χ3v) is 2.63. The molecular weight excluding hydrogens is 230 g/mol. The van der Waals surface area contributed by atoms with Crippen LogP contribution in [0.1, 0.15) is 13.3 Å². The lowest BCUT2D eigenvalue weighted by atomic mass is 10.4.